The van der Waals surface area contributed by atoms with Gasteiger partial charge in [0.1, 0.15) is 6.54 Å². The first-order chi connectivity index (χ1) is 15.8. The van der Waals surface area contributed by atoms with Gasteiger partial charge in [0, 0.05) is 6.54 Å². The SMILES string of the molecule is COc1ccc(CCNC(=O)CN(c2ccccc2)S(=O)(=O)c2ccc(C)cc2)cc1OC. The first kappa shape index (κ1) is 24.1. The summed E-state index contributed by atoms with van der Waals surface area (Å²) in [5.74, 6) is 0.848. The molecule has 0 unspecified atom stereocenters. The number of sulfonamides is 1. The van der Waals surface area contributed by atoms with Crippen molar-refractivity contribution in [2.24, 2.45) is 0 Å². The molecule has 0 saturated heterocycles. The molecule has 0 radical (unpaired) electrons. The van der Waals surface area contributed by atoms with Crippen LogP contribution in [0.4, 0.5) is 5.69 Å². The minimum absolute atomic E-state index is 0.134. The molecule has 1 N–H and O–H groups in total. The van der Waals surface area contributed by atoms with Crippen molar-refractivity contribution in [3.8, 4) is 11.5 Å². The predicted octanol–water partition coefficient (Wildman–Crippen LogP) is 3.57. The largest absolute Gasteiger partial charge is 0.493 e. The molecule has 0 heterocycles. The highest BCUT2D eigenvalue weighted by Gasteiger charge is 2.27. The maximum atomic E-state index is 13.3. The van der Waals surface area contributed by atoms with Crippen LogP contribution in [0.25, 0.3) is 0 Å². The van der Waals surface area contributed by atoms with Crippen LogP contribution < -0.4 is 19.1 Å². The molecule has 174 valence electrons. The van der Waals surface area contributed by atoms with E-state index < -0.39 is 15.9 Å². The molecule has 0 aliphatic rings. The van der Waals surface area contributed by atoms with Gasteiger partial charge in [-0.25, -0.2) is 8.42 Å². The Labute approximate surface area is 195 Å². The number of para-hydroxylation sites is 1. The molecule has 0 aliphatic carbocycles. The van der Waals surface area contributed by atoms with Gasteiger partial charge in [-0.2, -0.15) is 0 Å². The van der Waals surface area contributed by atoms with Crippen LogP contribution in [0, 0.1) is 6.92 Å². The van der Waals surface area contributed by atoms with E-state index in [9.17, 15) is 13.2 Å². The van der Waals surface area contributed by atoms with Crippen LogP contribution in [-0.2, 0) is 21.2 Å². The summed E-state index contributed by atoms with van der Waals surface area (Å²) in [6.07, 6.45) is 0.558. The number of carbonyl (C=O) groups is 1. The van der Waals surface area contributed by atoms with Crippen LogP contribution in [0.2, 0.25) is 0 Å². The first-order valence-electron chi connectivity index (χ1n) is 10.5. The molecule has 1 amide bonds. The molecular formula is C25H28N2O5S. The first-order valence-corrected chi connectivity index (χ1v) is 11.9. The van der Waals surface area contributed by atoms with Crippen LogP contribution >= 0.6 is 0 Å². The normalized spacial score (nSPS) is 11.0. The van der Waals surface area contributed by atoms with Gasteiger partial charge in [-0.3, -0.25) is 9.10 Å². The van der Waals surface area contributed by atoms with Crippen LogP contribution in [-0.4, -0.2) is 41.6 Å². The number of rotatable bonds is 10. The van der Waals surface area contributed by atoms with E-state index in [0.717, 1.165) is 15.4 Å². The van der Waals surface area contributed by atoms with E-state index in [0.29, 0.717) is 30.2 Å². The molecule has 3 aromatic carbocycles. The lowest BCUT2D eigenvalue weighted by Gasteiger charge is -2.24. The van der Waals surface area contributed by atoms with Crippen molar-refractivity contribution in [1.82, 2.24) is 5.32 Å². The maximum Gasteiger partial charge on any atom is 0.264 e. The molecule has 0 spiro atoms. The Morgan fingerprint density at radius 3 is 2.21 bits per heavy atom. The van der Waals surface area contributed by atoms with Crippen LogP contribution in [0.1, 0.15) is 11.1 Å². The van der Waals surface area contributed by atoms with Crippen molar-refractivity contribution >= 4 is 21.6 Å². The zero-order chi connectivity index (χ0) is 23.8. The number of nitrogens with one attached hydrogen (secondary N) is 1. The molecule has 0 atom stereocenters. The van der Waals surface area contributed by atoms with Crippen LogP contribution in [0.3, 0.4) is 0 Å². The van der Waals surface area contributed by atoms with E-state index in [1.54, 1.807) is 74.9 Å². The summed E-state index contributed by atoms with van der Waals surface area (Å²) in [6, 6.07) is 20.7. The molecule has 3 aromatic rings. The zero-order valence-corrected chi connectivity index (χ0v) is 19.8. The van der Waals surface area contributed by atoms with E-state index >= 15 is 0 Å². The topological polar surface area (TPSA) is 84.9 Å². The number of aryl methyl sites for hydroxylation is 1. The van der Waals surface area contributed by atoms with Gasteiger partial charge in [-0.1, -0.05) is 42.0 Å². The van der Waals surface area contributed by atoms with Gasteiger partial charge in [0.05, 0.1) is 24.8 Å². The van der Waals surface area contributed by atoms with Crippen molar-refractivity contribution < 1.29 is 22.7 Å². The predicted molar refractivity (Wildman–Crippen MR) is 128 cm³/mol. The smallest absolute Gasteiger partial charge is 0.264 e. The average molecular weight is 469 g/mol. The van der Waals surface area contributed by atoms with Crippen molar-refractivity contribution in [2.75, 3.05) is 31.6 Å². The van der Waals surface area contributed by atoms with E-state index in [2.05, 4.69) is 5.32 Å². The maximum absolute atomic E-state index is 13.3. The molecule has 0 aliphatic heterocycles. The number of ether oxygens (including phenoxy) is 2. The number of anilines is 1. The third-order valence-corrected chi connectivity index (χ3v) is 6.91. The molecule has 0 aromatic heterocycles. The Hall–Kier alpha value is -3.52. The monoisotopic (exact) mass is 468 g/mol. The second kappa shape index (κ2) is 10.9. The number of nitrogens with zero attached hydrogens (tertiary/aromatic N) is 1. The quantitative estimate of drug-likeness (QED) is 0.492. The highest BCUT2D eigenvalue weighted by atomic mass is 32.2. The van der Waals surface area contributed by atoms with Crippen molar-refractivity contribution in [1.29, 1.82) is 0 Å². The summed E-state index contributed by atoms with van der Waals surface area (Å²) in [7, 11) is -0.782. The molecular weight excluding hydrogens is 440 g/mol. The minimum Gasteiger partial charge on any atom is -0.493 e. The van der Waals surface area contributed by atoms with Crippen LogP contribution in [0.15, 0.2) is 77.7 Å². The molecule has 0 fully saturated rings. The molecule has 0 bridgehead atoms. The molecule has 8 heteroatoms. The minimum atomic E-state index is -3.92. The summed E-state index contributed by atoms with van der Waals surface area (Å²) in [4.78, 5) is 12.8. The second-order valence-electron chi connectivity index (χ2n) is 7.45. The standard InChI is InChI=1S/C25H28N2O5S/c1-19-9-12-22(13-10-19)33(29,30)27(21-7-5-4-6-8-21)18-25(28)26-16-15-20-11-14-23(31-2)24(17-20)32-3/h4-14,17H,15-16,18H2,1-3H3,(H,26,28). The second-order valence-corrected chi connectivity index (χ2v) is 9.31. The molecule has 3 rings (SSSR count). The molecule has 33 heavy (non-hydrogen) atoms. The number of hydrogen-bond donors (Lipinski definition) is 1. The fraction of sp³-hybridized carbons (Fsp3) is 0.240. The summed E-state index contributed by atoms with van der Waals surface area (Å²) in [5, 5.41) is 2.81. The van der Waals surface area contributed by atoms with E-state index in [1.807, 2.05) is 19.1 Å². The van der Waals surface area contributed by atoms with Crippen molar-refractivity contribution in [3.63, 3.8) is 0 Å². The lowest BCUT2D eigenvalue weighted by atomic mass is 10.1. The van der Waals surface area contributed by atoms with Gasteiger partial charge >= 0.3 is 0 Å². The van der Waals surface area contributed by atoms with E-state index in [1.165, 1.54) is 0 Å². The van der Waals surface area contributed by atoms with Crippen LogP contribution in [0.5, 0.6) is 11.5 Å². The average Bonchev–Trinajstić information content (AvgIpc) is 2.83. The number of benzene rings is 3. The Morgan fingerprint density at radius 1 is 0.909 bits per heavy atom. The Bertz CT molecular complexity index is 1180. The van der Waals surface area contributed by atoms with E-state index in [4.69, 9.17) is 9.47 Å². The zero-order valence-electron chi connectivity index (χ0n) is 18.9. The third kappa shape index (κ3) is 6.04. The van der Waals surface area contributed by atoms with Gasteiger partial charge < -0.3 is 14.8 Å². The number of carbonyl (C=O) groups excluding carboxylic acids is 1. The summed E-state index contributed by atoms with van der Waals surface area (Å²) >= 11 is 0. The van der Waals surface area contributed by atoms with Gasteiger partial charge in [0.2, 0.25) is 5.91 Å². The number of amides is 1. The van der Waals surface area contributed by atoms with Crippen molar-refractivity contribution in [3.05, 3.63) is 83.9 Å². The van der Waals surface area contributed by atoms with Crippen molar-refractivity contribution in [2.45, 2.75) is 18.2 Å². The highest BCUT2D eigenvalue weighted by Crippen LogP contribution is 2.27. The lowest BCUT2D eigenvalue weighted by Crippen LogP contribution is -2.41. The van der Waals surface area contributed by atoms with E-state index in [-0.39, 0.29) is 11.4 Å². The van der Waals surface area contributed by atoms with Gasteiger partial charge in [0.15, 0.2) is 11.5 Å². The summed E-state index contributed by atoms with van der Waals surface area (Å²) in [5.41, 5.74) is 2.33. The van der Waals surface area contributed by atoms with Gasteiger partial charge in [-0.15, -0.1) is 0 Å². The highest BCUT2D eigenvalue weighted by molar-refractivity contribution is 7.92. The molecule has 7 nitrogen and oxygen atoms in total. The third-order valence-electron chi connectivity index (χ3n) is 5.12. The lowest BCUT2D eigenvalue weighted by molar-refractivity contribution is -0.119. The summed E-state index contributed by atoms with van der Waals surface area (Å²) < 4.78 is 38.3. The fourth-order valence-corrected chi connectivity index (χ4v) is 4.74. The summed E-state index contributed by atoms with van der Waals surface area (Å²) in [6.45, 7) is 1.91. The number of hydrogen-bond acceptors (Lipinski definition) is 5. The fourth-order valence-electron chi connectivity index (χ4n) is 3.32. The molecule has 0 saturated carbocycles. The Kier molecular flexibility index (Phi) is 7.95. The van der Waals surface area contributed by atoms with Gasteiger partial charge in [-0.05, 0) is 55.3 Å². The Balaban J connectivity index is 1.71. The van der Waals surface area contributed by atoms with Gasteiger partial charge in [0.25, 0.3) is 10.0 Å². The Morgan fingerprint density at radius 2 is 1.58 bits per heavy atom. The number of methoxy groups -OCH3 is 2.